The Balaban J connectivity index is 2.59. The molecule has 4 nitrogen and oxygen atoms in total. The van der Waals surface area contributed by atoms with Crippen molar-refractivity contribution in [1.82, 2.24) is 5.43 Å². The number of hydrogen-bond donors (Lipinski definition) is 3. The lowest BCUT2D eigenvalue weighted by Gasteiger charge is -2.23. The zero-order valence-electron chi connectivity index (χ0n) is 8.73. The van der Waals surface area contributed by atoms with E-state index in [1.165, 1.54) is 0 Å². The van der Waals surface area contributed by atoms with Crippen LogP contribution in [-0.2, 0) is 11.2 Å². The number of rotatable bonds is 5. The molecule has 82 valence electrons. The van der Waals surface area contributed by atoms with Gasteiger partial charge in [-0.25, -0.2) is 5.43 Å². The summed E-state index contributed by atoms with van der Waals surface area (Å²) in [6, 6.07) is 9.74. The zero-order chi connectivity index (χ0) is 11.3. The number of hydrazine groups is 1. The van der Waals surface area contributed by atoms with Crippen molar-refractivity contribution in [2.24, 2.45) is 5.84 Å². The van der Waals surface area contributed by atoms with Crippen LogP contribution in [0.4, 0.5) is 0 Å². The maximum Gasteiger partial charge on any atom is 0.324 e. The lowest BCUT2D eigenvalue weighted by Crippen LogP contribution is -2.53. The summed E-state index contributed by atoms with van der Waals surface area (Å²) < 4.78 is 0. The van der Waals surface area contributed by atoms with Gasteiger partial charge < -0.3 is 5.11 Å². The SMILES string of the molecule is CC(CCc1ccccc1)(NN)C(=O)O. The van der Waals surface area contributed by atoms with Crippen molar-refractivity contribution in [3.05, 3.63) is 35.9 Å². The molecule has 0 radical (unpaired) electrons. The number of aryl methyl sites for hydroxylation is 1. The molecule has 1 atom stereocenters. The van der Waals surface area contributed by atoms with Crippen LogP contribution >= 0.6 is 0 Å². The van der Waals surface area contributed by atoms with Crippen LogP contribution in [0.2, 0.25) is 0 Å². The molecule has 4 heteroatoms. The van der Waals surface area contributed by atoms with Gasteiger partial charge in [0.15, 0.2) is 0 Å². The van der Waals surface area contributed by atoms with Crippen LogP contribution in [0, 0.1) is 0 Å². The van der Waals surface area contributed by atoms with Gasteiger partial charge in [-0.1, -0.05) is 30.3 Å². The van der Waals surface area contributed by atoms with E-state index in [0.717, 1.165) is 5.56 Å². The number of hydrogen-bond acceptors (Lipinski definition) is 3. The number of carboxylic acid groups (broad SMARTS) is 1. The molecule has 0 amide bonds. The molecule has 0 bridgehead atoms. The van der Waals surface area contributed by atoms with E-state index in [-0.39, 0.29) is 0 Å². The second-order valence-electron chi connectivity index (χ2n) is 3.77. The van der Waals surface area contributed by atoms with Gasteiger partial charge in [-0.05, 0) is 25.3 Å². The first-order chi connectivity index (χ1) is 7.08. The standard InChI is InChI=1S/C11H16N2O2/c1-11(13-12,10(14)15)8-7-9-5-3-2-4-6-9/h2-6,13H,7-8,12H2,1H3,(H,14,15). The second-order valence-corrected chi connectivity index (χ2v) is 3.77. The number of carbonyl (C=O) groups is 1. The second kappa shape index (κ2) is 4.91. The average Bonchev–Trinajstić information content (AvgIpc) is 2.27. The molecular weight excluding hydrogens is 192 g/mol. The van der Waals surface area contributed by atoms with Crippen molar-refractivity contribution in [3.63, 3.8) is 0 Å². The van der Waals surface area contributed by atoms with Gasteiger partial charge in [0.2, 0.25) is 0 Å². The topological polar surface area (TPSA) is 75.3 Å². The Kier molecular flexibility index (Phi) is 3.82. The lowest BCUT2D eigenvalue weighted by molar-refractivity contribution is -0.144. The summed E-state index contributed by atoms with van der Waals surface area (Å²) in [4.78, 5) is 10.9. The quantitative estimate of drug-likeness (QED) is 0.497. The van der Waals surface area contributed by atoms with E-state index in [9.17, 15) is 4.79 Å². The summed E-state index contributed by atoms with van der Waals surface area (Å²) in [6.07, 6.45) is 1.15. The Bertz CT molecular complexity index is 327. The van der Waals surface area contributed by atoms with E-state index in [2.05, 4.69) is 5.43 Å². The van der Waals surface area contributed by atoms with Gasteiger partial charge in [0.05, 0.1) is 0 Å². The van der Waals surface area contributed by atoms with Gasteiger partial charge in [-0.15, -0.1) is 0 Å². The smallest absolute Gasteiger partial charge is 0.324 e. The number of carboxylic acids is 1. The van der Waals surface area contributed by atoms with Crippen LogP contribution < -0.4 is 11.3 Å². The minimum Gasteiger partial charge on any atom is -0.480 e. The molecule has 1 aromatic rings. The maximum atomic E-state index is 10.9. The largest absolute Gasteiger partial charge is 0.480 e. The van der Waals surface area contributed by atoms with Gasteiger partial charge in [-0.3, -0.25) is 10.6 Å². The third kappa shape index (κ3) is 3.04. The normalized spacial score (nSPS) is 14.5. The molecule has 0 aliphatic heterocycles. The van der Waals surface area contributed by atoms with Crippen LogP contribution in [-0.4, -0.2) is 16.6 Å². The fourth-order valence-electron chi connectivity index (χ4n) is 1.28. The molecule has 0 spiro atoms. The van der Waals surface area contributed by atoms with Crippen LogP contribution in [0.15, 0.2) is 30.3 Å². The van der Waals surface area contributed by atoms with Crippen molar-refractivity contribution in [2.45, 2.75) is 25.3 Å². The Labute approximate surface area is 89.1 Å². The first-order valence-electron chi connectivity index (χ1n) is 4.83. The first-order valence-corrected chi connectivity index (χ1v) is 4.83. The molecule has 0 heterocycles. The molecular formula is C11H16N2O2. The molecule has 4 N–H and O–H groups in total. The highest BCUT2D eigenvalue weighted by Crippen LogP contribution is 2.13. The summed E-state index contributed by atoms with van der Waals surface area (Å²) in [5, 5.41) is 8.97. The van der Waals surface area contributed by atoms with Crippen LogP contribution in [0.1, 0.15) is 18.9 Å². The summed E-state index contributed by atoms with van der Waals surface area (Å²) in [5.41, 5.74) is 2.40. The molecule has 0 saturated heterocycles. The number of benzene rings is 1. The zero-order valence-corrected chi connectivity index (χ0v) is 8.73. The molecule has 1 rings (SSSR count). The molecule has 0 aliphatic rings. The summed E-state index contributed by atoms with van der Waals surface area (Å²) in [7, 11) is 0. The van der Waals surface area contributed by atoms with Crippen molar-refractivity contribution in [3.8, 4) is 0 Å². The summed E-state index contributed by atoms with van der Waals surface area (Å²) in [6.45, 7) is 1.58. The van der Waals surface area contributed by atoms with Gasteiger partial charge in [0.1, 0.15) is 5.54 Å². The van der Waals surface area contributed by atoms with Crippen molar-refractivity contribution in [1.29, 1.82) is 0 Å². The van der Waals surface area contributed by atoms with E-state index in [1.807, 2.05) is 30.3 Å². The Morgan fingerprint density at radius 1 is 1.47 bits per heavy atom. The van der Waals surface area contributed by atoms with E-state index in [0.29, 0.717) is 12.8 Å². The molecule has 1 aromatic carbocycles. The Morgan fingerprint density at radius 2 is 2.07 bits per heavy atom. The Morgan fingerprint density at radius 3 is 2.53 bits per heavy atom. The van der Waals surface area contributed by atoms with Crippen molar-refractivity contribution >= 4 is 5.97 Å². The monoisotopic (exact) mass is 208 g/mol. The van der Waals surface area contributed by atoms with Crippen molar-refractivity contribution in [2.75, 3.05) is 0 Å². The fraction of sp³-hybridized carbons (Fsp3) is 0.364. The van der Waals surface area contributed by atoms with Crippen LogP contribution in [0.25, 0.3) is 0 Å². The maximum absolute atomic E-state index is 10.9. The molecule has 0 aromatic heterocycles. The molecule has 15 heavy (non-hydrogen) atoms. The van der Waals surface area contributed by atoms with Crippen LogP contribution in [0.3, 0.4) is 0 Å². The van der Waals surface area contributed by atoms with E-state index >= 15 is 0 Å². The molecule has 0 saturated carbocycles. The van der Waals surface area contributed by atoms with Crippen molar-refractivity contribution < 1.29 is 9.90 Å². The number of nitrogens with two attached hydrogens (primary N) is 1. The van der Waals surface area contributed by atoms with Gasteiger partial charge >= 0.3 is 5.97 Å². The Hall–Kier alpha value is -1.39. The van der Waals surface area contributed by atoms with Gasteiger partial charge in [0, 0.05) is 0 Å². The first kappa shape index (κ1) is 11.7. The van der Waals surface area contributed by atoms with Gasteiger partial charge in [-0.2, -0.15) is 0 Å². The van der Waals surface area contributed by atoms with E-state index in [4.69, 9.17) is 10.9 Å². The highest BCUT2D eigenvalue weighted by Gasteiger charge is 2.30. The highest BCUT2D eigenvalue weighted by atomic mass is 16.4. The predicted molar refractivity (Wildman–Crippen MR) is 58.1 cm³/mol. The minimum atomic E-state index is -1.06. The fourth-order valence-corrected chi connectivity index (χ4v) is 1.28. The third-order valence-corrected chi connectivity index (χ3v) is 2.55. The minimum absolute atomic E-state index is 0.461. The summed E-state index contributed by atoms with van der Waals surface area (Å²) >= 11 is 0. The summed E-state index contributed by atoms with van der Waals surface area (Å²) in [5.74, 6) is 4.31. The number of nitrogens with one attached hydrogen (secondary N) is 1. The van der Waals surface area contributed by atoms with E-state index in [1.54, 1.807) is 6.92 Å². The molecule has 1 unspecified atom stereocenters. The van der Waals surface area contributed by atoms with Crippen LogP contribution in [0.5, 0.6) is 0 Å². The average molecular weight is 208 g/mol. The highest BCUT2D eigenvalue weighted by molar-refractivity contribution is 5.78. The molecule has 0 aliphatic carbocycles. The lowest BCUT2D eigenvalue weighted by atomic mass is 9.94. The molecule has 0 fully saturated rings. The predicted octanol–water partition coefficient (Wildman–Crippen LogP) is 0.926. The number of aliphatic carboxylic acids is 1. The van der Waals surface area contributed by atoms with Gasteiger partial charge in [0.25, 0.3) is 0 Å². The van der Waals surface area contributed by atoms with E-state index < -0.39 is 11.5 Å². The third-order valence-electron chi connectivity index (χ3n) is 2.55.